The molecule has 0 spiro atoms. The molecule has 3 N–H and O–H groups in total. The standard InChI is InChI=1S/C20H30FN5O2.HI/c1-2-22-20(23-12-15-3-6-18(21)16(11-15)14-27)26-9-7-25(8-10-26)13-19(28)24-17-4-5-17;/h3,6,11,17,27H,2,4-5,7-10,12-14H2,1H3,(H,22,23)(H,24,28);1H. The van der Waals surface area contributed by atoms with E-state index in [0.29, 0.717) is 19.1 Å². The zero-order valence-corrected chi connectivity index (χ0v) is 19.2. The Morgan fingerprint density at radius 1 is 1.28 bits per heavy atom. The first-order chi connectivity index (χ1) is 13.6. The van der Waals surface area contributed by atoms with Crippen molar-refractivity contribution >= 4 is 35.8 Å². The van der Waals surface area contributed by atoms with Crippen LogP contribution < -0.4 is 10.6 Å². The predicted octanol–water partition coefficient (Wildman–Crippen LogP) is 1.30. The monoisotopic (exact) mass is 519 g/mol. The normalized spacial score (nSPS) is 17.6. The number of halogens is 2. The van der Waals surface area contributed by atoms with E-state index in [2.05, 4.69) is 25.4 Å². The number of carbonyl (C=O) groups is 1. The molecule has 0 unspecified atom stereocenters. The summed E-state index contributed by atoms with van der Waals surface area (Å²) < 4.78 is 13.5. The highest BCUT2D eigenvalue weighted by molar-refractivity contribution is 14.0. The molecule has 0 aromatic heterocycles. The average Bonchev–Trinajstić information content (AvgIpc) is 3.50. The number of aliphatic hydroxyl groups excluding tert-OH is 1. The van der Waals surface area contributed by atoms with Crippen LogP contribution in [0.25, 0.3) is 0 Å². The van der Waals surface area contributed by atoms with E-state index in [-0.39, 0.29) is 42.1 Å². The van der Waals surface area contributed by atoms with Crippen LogP contribution in [0.4, 0.5) is 4.39 Å². The number of piperazine rings is 1. The molecular weight excluding hydrogens is 488 g/mol. The van der Waals surface area contributed by atoms with Gasteiger partial charge in [-0.15, -0.1) is 24.0 Å². The number of hydrogen-bond donors (Lipinski definition) is 3. The van der Waals surface area contributed by atoms with Crippen molar-refractivity contribution in [1.82, 2.24) is 20.4 Å². The Morgan fingerprint density at radius 2 is 2.00 bits per heavy atom. The summed E-state index contributed by atoms with van der Waals surface area (Å²) in [5.74, 6) is 0.538. The van der Waals surface area contributed by atoms with Gasteiger partial charge in [0, 0.05) is 44.3 Å². The average molecular weight is 519 g/mol. The van der Waals surface area contributed by atoms with Gasteiger partial charge in [-0.3, -0.25) is 9.69 Å². The van der Waals surface area contributed by atoms with Crippen LogP contribution >= 0.6 is 24.0 Å². The summed E-state index contributed by atoms with van der Waals surface area (Å²) in [5.41, 5.74) is 1.15. The lowest BCUT2D eigenvalue weighted by molar-refractivity contribution is -0.122. The van der Waals surface area contributed by atoms with Gasteiger partial charge in [0.25, 0.3) is 0 Å². The third-order valence-electron chi connectivity index (χ3n) is 5.01. The number of rotatable bonds is 7. The summed E-state index contributed by atoms with van der Waals surface area (Å²) in [4.78, 5) is 21.0. The van der Waals surface area contributed by atoms with Gasteiger partial charge in [0.15, 0.2) is 5.96 Å². The Bertz CT molecular complexity index is 706. The molecule has 9 heteroatoms. The molecule has 162 valence electrons. The van der Waals surface area contributed by atoms with Crippen LogP contribution in [0.5, 0.6) is 0 Å². The van der Waals surface area contributed by atoms with Crippen LogP contribution in [0.3, 0.4) is 0 Å². The second kappa shape index (κ2) is 11.7. The SMILES string of the molecule is CCNC(=NCc1ccc(F)c(CO)c1)N1CCN(CC(=O)NC2CC2)CC1.I. The van der Waals surface area contributed by atoms with Gasteiger partial charge in [0.2, 0.25) is 5.91 Å². The van der Waals surface area contributed by atoms with E-state index in [4.69, 9.17) is 0 Å². The van der Waals surface area contributed by atoms with Gasteiger partial charge in [-0.05, 0) is 37.5 Å². The zero-order valence-electron chi connectivity index (χ0n) is 16.9. The maximum atomic E-state index is 13.5. The van der Waals surface area contributed by atoms with Gasteiger partial charge in [-0.1, -0.05) is 6.07 Å². The second-order valence-corrected chi connectivity index (χ2v) is 7.36. The maximum Gasteiger partial charge on any atom is 0.234 e. The molecule has 1 aliphatic carbocycles. The summed E-state index contributed by atoms with van der Waals surface area (Å²) in [6, 6.07) is 5.12. The molecule has 2 fully saturated rings. The number of aliphatic hydroxyl groups is 1. The van der Waals surface area contributed by atoms with Crippen molar-refractivity contribution in [3.05, 3.63) is 35.1 Å². The third kappa shape index (κ3) is 7.38. The first kappa shape index (κ1) is 23.8. The lowest BCUT2D eigenvalue weighted by Crippen LogP contribution is -2.54. The number of aliphatic imine (C=N–C) groups is 1. The van der Waals surface area contributed by atoms with E-state index < -0.39 is 5.82 Å². The van der Waals surface area contributed by atoms with Crippen LogP contribution in [0.15, 0.2) is 23.2 Å². The molecule has 1 heterocycles. The molecule has 2 aliphatic rings. The number of amides is 1. The Morgan fingerprint density at radius 3 is 2.62 bits per heavy atom. The Kier molecular flexibility index (Phi) is 9.57. The first-order valence-electron chi connectivity index (χ1n) is 10.0. The van der Waals surface area contributed by atoms with E-state index in [1.165, 1.54) is 6.07 Å². The van der Waals surface area contributed by atoms with E-state index in [1.54, 1.807) is 12.1 Å². The Balaban J connectivity index is 0.00000300. The lowest BCUT2D eigenvalue weighted by atomic mass is 10.1. The molecule has 1 aliphatic heterocycles. The van der Waals surface area contributed by atoms with Crippen LogP contribution in [0.1, 0.15) is 30.9 Å². The number of hydrogen-bond acceptors (Lipinski definition) is 4. The fourth-order valence-corrected chi connectivity index (χ4v) is 3.26. The number of benzene rings is 1. The first-order valence-corrected chi connectivity index (χ1v) is 10.0. The highest BCUT2D eigenvalue weighted by atomic mass is 127. The molecule has 1 saturated carbocycles. The van der Waals surface area contributed by atoms with Gasteiger partial charge in [-0.2, -0.15) is 0 Å². The molecule has 29 heavy (non-hydrogen) atoms. The van der Waals surface area contributed by atoms with Crippen LogP contribution in [-0.2, 0) is 17.9 Å². The molecule has 3 rings (SSSR count). The van der Waals surface area contributed by atoms with E-state index in [9.17, 15) is 14.3 Å². The highest BCUT2D eigenvalue weighted by Gasteiger charge is 2.25. The molecular formula is C20H31FIN5O2. The minimum atomic E-state index is -0.399. The van der Waals surface area contributed by atoms with Crippen molar-refractivity contribution in [2.75, 3.05) is 39.3 Å². The minimum Gasteiger partial charge on any atom is -0.392 e. The van der Waals surface area contributed by atoms with Crippen LogP contribution in [0.2, 0.25) is 0 Å². The molecule has 0 atom stereocenters. The molecule has 1 saturated heterocycles. The summed E-state index contributed by atoms with van der Waals surface area (Å²) in [5, 5.41) is 15.6. The molecule has 0 radical (unpaired) electrons. The molecule has 1 aromatic rings. The van der Waals surface area contributed by atoms with E-state index >= 15 is 0 Å². The van der Waals surface area contributed by atoms with Gasteiger partial charge in [-0.25, -0.2) is 9.38 Å². The van der Waals surface area contributed by atoms with Crippen molar-refractivity contribution in [2.45, 2.75) is 39.0 Å². The molecule has 0 bridgehead atoms. The summed E-state index contributed by atoms with van der Waals surface area (Å²) in [7, 11) is 0. The quantitative estimate of drug-likeness (QED) is 0.288. The topological polar surface area (TPSA) is 80.2 Å². The molecule has 1 amide bonds. The maximum absolute atomic E-state index is 13.5. The zero-order chi connectivity index (χ0) is 19.9. The fourth-order valence-electron chi connectivity index (χ4n) is 3.26. The number of nitrogens with one attached hydrogen (secondary N) is 2. The summed E-state index contributed by atoms with van der Waals surface area (Å²) in [6.45, 7) is 6.56. The van der Waals surface area contributed by atoms with E-state index in [1.807, 2.05) is 6.92 Å². The summed E-state index contributed by atoms with van der Waals surface area (Å²) >= 11 is 0. The predicted molar refractivity (Wildman–Crippen MR) is 122 cm³/mol. The number of nitrogens with zero attached hydrogens (tertiary/aromatic N) is 3. The van der Waals surface area contributed by atoms with Gasteiger partial charge < -0.3 is 20.6 Å². The number of guanidine groups is 1. The molecule has 1 aromatic carbocycles. The fraction of sp³-hybridized carbons (Fsp3) is 0.600. The second-order valence-electron chi connectivity index (χ2n) is 7.36. The third-order valence-corrected chi connectivity index (χ3v) is 5.01. The smallest absolute Gasteiger partial charge is 0.234 e. The highest BCUT2D eigenvalue weighted by Crippen LogP contribution is 2.18. The Hall–Kier alpha value is -1.46. The summed E-state index contributed by atoms with van der Waals surface area (Å²) in [6.07, 6.45) is 2.21. The van der Waals surface area contributed by atoms with Crippen molar-refractivity contribution in [3.8, 4) is 0 Å². The van der Waals surface area contributed by atoms with Crippen molar-refractivity contribution in [2.24, 2.45) is 4.99 Å². The van der Waals surface area contributed by atoms with Crippen molar-refractivity contribution < 1.29 is 14.3 Å². The van der Waals surface area contributed by atoms with Crippen LogP contribution in [0, 0.1) is 5.82 Å². The largest absolute Gasteiger partial charge is 0.392 e. The molecule has 7 nitrogen and oxygen atoms in total. The van der Waals surface area contributed by atoms with Gasteiger partial charge in [0.05, 0.1) is 19.7 Å². The number of carbonyl (C=O) groups excluding carboxylic acids is 1. The van der Waals surface area contributed by atoms with Crippen LogP contribution in [-0.4, -0.2) is 72.1 Å². The van der Waals surface area contributed by atoms with Crippen molar-refractivity contribution in [3.63, 3.8) is 0 Å². The van der Waals surface area contributed by atoms with Gasteiger partial charge >= 0.3 is 0 Å². The van der Waals surface area contributed by atoms with E-state index in [0.717, 1.165) is 57.1 Å². The van der Waals surface area contributed by atoms with Crippen molar-refractivity contribution in [1.29, 1.82) is 0 Å². The lowest BCUT2D eigenvalue weighted by Gasteiger charge is -2.36. The van der Waals surface area contributed by atoms with Gasteiger partial charge in [0.1, 0.15) is 5.82 Å². The Labute approximate surface area is 188 Å². The minimum absolute atomic E-state index is 0.